The average molecular weight is 455 g/mol. The lowest BCUT2D eigenvalue weighted by Crippen LogP contribution is -2.56. The molecule has 0 heterocycles. The summed E-state index contributed by atoms with van der Waals surface area (Å²) < 4.78 is 5.13. The highest BCUT2D eigenvalue weighted by molar-refractivity contribution is 6.06. The van der Waals surface area contributed by atoms with Crippen LogP contribution in [0.3, 0.4) is 0 Å². The summed E-state index contributed by atoms with van der Waals surface area (Å²) in [7, 11) is 0. The highest BCUT2D eigenvalue weighted by Crippen LogP contribution is 2.12. The molecule has 1 atom stereocenters. The molecule has 11 heteroatoms. The van der Waals surface area contributed by atoms with Crippen LogP contribution in [0.4, 0.5) is 4.79 Å². The lowest BCUT2D eigenvalue weighted by Gasteiger charge is -2.29. The first-order chi connectivity index (χ1) is 15.6. The standard InChI is InChI=1S/C22H25N5O6/c1-13(2)33-22(32)27(17(20(30)31)11-14-7-4-3-5-8-14)26-19(29)16-10-6-9-15(12-16)18(28)25-21(23)24/h3-10,12-13,17H,11H2,1-2H3,(H,26,29)(H,30,31)(H4,23,24,25,28). The summed E-state index contributed by atoms with van der Waals surface area (Å²) in [5.41, 5.74) is 8.07. The second-order valence-corrected chi connectivity index (χ2v) is 7.24. The zero-order chi connectivity index (χ0) is 24.5. The molecule has 33 heavy (non-hydrogen) atoms. The normalized spacial score (nSPS) is 11.2. The lowest BCUT2D eigenvalue weighted by atomic mass is 10.1. The van der Waals surface area contributed by atoms with Gasteiger partial charge < -0.3 is 15.6 Å². The number of hydrogen-bond donors (Lipinski definition) is 5. The minimum atomic E-state index is -1.47. The van der Waals surface area contributed by atoms with Crippen LogP contribution in [0.5, 0.6) is 0 Å². The Morgan fingerprint density at radius 2 is 1.64 bits per heavy atom. The summed E-state index contributed by atoms with van der Waals surface area (Å²) in [6, 6.07) is 12.5. The van der Waals surface area contributed by atoms with Crippen molar-refractivity contribution in [2.75, 3.05) is 0 Å². The first-order valence-electron chi connectivity index (χ1n) is 9.91. The molecule has 0 aromatic heterocycles. The fourth-order valence-corrected chi connectivity index (χ4v) is 2.81. The molecule has 0 radical (unpaired) electrons. The van der Waals surface area contributed by atoms with Gasteiger partial charge >= 0.3 is 12.1 Å². The highest BCUT2D eigenvalue weighted by atomic mass is 16.6. The molecule has 0 aliphatic heterocycles. The van der Waals surface area contributed by atoms with Crippen LogP contribution >= 0.6 is 0 Å². The van der Waals surface area contributed by atoms with Gasteiger partial charge in [0.1, 0.15) is 0 Å². The molecule has 11 nitrogen and oxygen atoms in total. The molecule has 0 saturated carbocycles. The smallest absolute Gasteiger partial charge is 0.429 e. The van der Waals surface area contributed by atoms with Crippen molar-refractivity contribution in [2.45, 2.75) is 32.4 Å². The van der Waals surface area contributed by atoms with Crippen molar-refractivity contribution >= 4 is 29.8 Å². The number of hydrogen-bond acceptors (Lipinski definition) is 6. The Labute approximate surface area is 190 Å². The van der Waals surface area contributed by atoms with Crippen LogP contribution in [0.1, 0.15) is 40.1 Å². The van der Waals surface area contributed by atoms with Gasteiger partial charge in [-0.3, -0.25) is 25.7 Å². The van der Waals surface area contributed by atoms with Crippen LogP contribution in [-0.4, -0.2) is 52.1 Å². The van der Waals surface area contributed by atoms with Gasteiger partial charge in [-0.25, -0.2) is 14.6 Å². The van der Waals surface area contributed by atoms with Crippen molar-refractivity contribution in [2.24, 2.45) is 5.73 Å². The Hall–Kier alpha value is -4.41. The molecule has 174 valence electrons. The van der Waals surface area contributed by atoms with E-state index in [4.69, 9.17) is 15.9 Å². The fraction of sp³-hybridized carbons (Fsp3) is 0.227. The minimum absolute atomic E-state index is 0.0302. The Balaban J connectivity index is 2.33. The van der Waals surface area contributed by atoms with Crippen molar-refractivity contribution in [1.82, 2.24) is 15.8 Å². The number of carbonyl (C=O) groups is 4. The lowest BCUT2D eigenvalue weighted by molar-refractivity contribution is -0.143. The average Bonchev–Trinajstić information content (AvgIpc) is 2.75. The van der Waals surface area contributed by atoms with Crippen LogP contribution < -0.4 is 16.5 Å². The van der Waals surface area contributed by atoms with Gasteiger partial charge in [0, 0.05) is 17.5 Å². The van der Waals surface area contributed by atoms with Crippen LogP contribution in [0.2, 0.25) is 0 Å². The Kier molecular flexibility index (Phi) is 8.49. The number of carboxylic acid groups (broad SMARTS) is 1. The molecule has 0 aliphatic carbocycles. The number of rotatable bonds is 7. The quantitative estimate of drug-likeness (QED) is 0.239. The summed E-state index contributed by atoms with van der Waals surface area (Å²) in [5.74, 6) is -3.47. The van der Waals surface area contributed by atoms with Gasteiger partial charge in [0.05, 0.1) is 6.10 Å². The predicted molar refractivity (Wildman–Crippen MR) is 118 cm³/mol. The third-order valence-electron chi connectivity index (χ3n) is 4.26. The van der Waals surface area contributed by atoms with Crippen molar-refractivity contribution in [3.05, 3.63) is 71.3 Å². The highest BCUT2D eigenvalue weighted by Gasteiger charge is 2.33. The summed E-state index contributed by atoms with van der Waals surface area (Å²) in [6.45, 7) is 3.17. The number of nitrogens with zero attached hydrogens (tertiary/aromatic N) is 1. The SMILES string of the molecule is CC(C)OC(=O)N(NC(=O)c1cccc(C(=O)NC(=N)N)c1)C(Cc1ccccc1)C(=O)O. The number of nitrogens with two attached hydrogens (primary N) is 1. The third-order valence-corrected chi connectivity index (χ3v) is 4.26. The molecule has 1 unspecified atom stereocenters. The molecule has 2 rings (SSSR count). The van der Waals surface area contributed by atoms with E-state index in [9.17, 15) is 24.3 Å². The number of amides is 3. The van der Waals surface area contributed by atoms with E-state index in [1.807, 2.05) is 0 Å². The van der Waals surface area contributed by atoms with E-state index in [1.165, 1.54) is 24.3 Å². The number of guanidine groups is 1. The monoisotopic (exact) mass is 455 g/mol. The largest absolute Gasteiger partial charge is 0.480 e. The maximum Gasteiger partial charge on any atom is 0.429 e. The second kappa shape index (κ2) is 11.3. The zero-order valence-corrected chi connectivity index (χ0v) is 18.1. The first-order valence-corrected chi connectivity index (χ1v) is 9.91. The number of carbonyl (C=O) groups excluding carboxylic acids is 3. The Morgan fingerprint density at radius 1 is 1.03 bits per heavy atom. The Morgan fingerprint density at radius 3 is 2.18 bits per heavy atom. The number of ether oxygens (including phenoxy) is 1. The number of benzene rings is 2. The molecule has 3 amide bonds. The van der Waals surface area contributed by atoms with Crippen molar-refractivity contribution in [3.8, 4) is 0 Å². The maximum atomic E-state index is 12.9. The van der Waals surface area contributed by atoms with Gasteiger partial charge in [-0.2, -0.15) is 0 Å². The third kappa shape index (κ3) is 7.35. The van der Waals surface area contributed by atoms with Gasteiger partial charge in [0.15, 0.2) is 12.0 Å². The molecular weight excluding hydrogens is 430 g/mol. The van der Waals surface area contributed by atoms with Crippen LogP contribution in [0.15, 0.2) is 54.6 Å². The van der Waals surface area contributed by atoms with Crippen molar-refractivity contribution in [3.63, 3.8) is 0 Å². The van der Waals surface area contributed by atoms with Gasteiger partial charge in [0.2, 0.25) is 0 Å². The van der Waals surface area contributed by atoms with E-state index in [2.05, 4.69) is 10.7 Å². The van der Waals surface area contributed by atoms with Crippen LogP contribution in [-0.2, 0) is 16.0 Å². The van der Waals surface area contributed by atoms with Crippen LogP contribution in [0, 0.1) is 5.41 Å². The molecule has 0 fully saturated rings. The predicted octanol–water partition coefficient (Wildman–Crippen LogP) is 1.50. The molecule has 2 aromatic rings. The molecule has 0 spiro atoms. The van der Waals surface area contributed by atoms with Gasteiger partial charge in [-0.05, 0) is 37.6 Å². The van der Waals surface area contributed by atoms with E-state index >= 15 is 0 Å². The molecule has 0 bridgehead atoms. The summed E-state index contributed by atoms with van der Waals surface area (Å²) in [6.07, 6.45) is -1.71. The number of nitrogens with one attached hydrogen (secondary N) is 3. The zero-order valence-electron chi connectivity index (χ0n) is 18.1. The van der Waals surface area contributed by atoms with Gasteiger partial charge in [-0.15, -0.1) is 0 Å². The summed E-state index contributed by atoms with van der Waals surface area (Å²) in [5, 5.41) is 19.6. The van der Waals surface area contributed by atoms with Crippen molar-refractivity contribution < 1.29 is 29.0 Å². The van der Waals surface area contributed by atoms with E-state index in [-0.39, 0.29) is 17.5 Å². The van der Waals surface area contributed by atoms with E-state index < -0.39 is 42.0 Å². The topological polar surface area (TPSA) is 175 Å². The molecule has 0 aliphatic rings. The first kappa shape index (κ1) is 24.9. The number of hydrazine groups is 1. The molecular formula is C22H25N5O6. The number of aliphatic carboxylic acids is 1. The maximum absolute atomic E-state index is 12.9. The van der Waals surface area contributed by atoms with E-state index in [0.717, 1.165) is 0 Å². The van der Waals surface area contributed by atoms with Crippen molar-refractivity contribution in [1.29, 1.82) is 5.41 Å². The minimum Gasteiger partial charge on any atom is -0.480 e. The fourth-order valence-electron chi connectivity index (χ4n) is 2.81. The summed E-state index contributed by atoms with van der Waals surface area (Å²) in [4.78, 5) is 49.6. The van der Waals surface area contributed by atoms with E-state index in [1.54, 1.807) is 44.2 Å². The van der Waals surface area contributed by atoms with Gasteiger partial charge in [0.25, 0.3) is 11.8 Å². The molecule has 2 aromatic carbocycles. The number of carboxylic acids is 1. The second-order valence-electron chi connectivity index (χ2n) is 7.24. The molecule has 6 N–H and O–H groups in total. The van der Waals surface area contributed by atoms with Crippen LogP contribution in [0.25, 0.3) is 0 Å². The van der Waals surface area contributed by atoms with Gasteiger partial charge in [-0.1, -0.05) is 36.4 Å². The Bertz CT molecular complexity index is 1040. The molecule has 0 saturated heterocycles. The summed E-state index contributed by atoms with van der Waals surface area (Å²) >= 11 is 0. The van der Waals surface area contributed by atoms with E-state index in [0.29, 0.717) is 10.6 Å².